The normalized spacial score (nSPS) is 16.5. The van der Waals surface area contributed by atoms with E-state index in [0.29, 0.717) is 13.1 Å². The predicted molar refractivity (Wildman–Crippen MR) is 127 cm³/mol. The van der Waals surface area contributed by atoms with E-state index in [2.05, 4.69) is 41.2 Å². The third-order valence-electron chi connectivity index (χ3n) is 5.55. The fourth-order valence-corrected chi connectivity index (χ4v) is 3.98. The molecule has 1 aliphatic heterocycles. The third-order valence-corrected chi connectivity index (χ3v) is 5.55. The van der Waals surface area contributed by atoms with Crippen LogP contribution in [0.25, 0.3) is 0 Å². The Kier molecular flexibility index (Phi) is 7.54. The lowest BCUT2D eigenvalue weighted by molar-refractivity contribution is 0.0213. The van der Waals surface area contributed by atoms with Crippen molar-refractivity contribution in [2.45, 2.75) is 32.1 Å². The van der Waals surface area contributed by atoms with Crippen molar-refractivity contribution in [3.8, 4) is 5.75 Å². The number of ether oxygens (including phenoxy) is 1. The van der Waals surface area contributed by atoms with E-state index < -0.39 is 6.10 Å². The fourth-order valence-electron chi connectivity index (χ4n) is 3.98. The molecule has 0 fully saturated rings. The SMILES string of the molecule is Cc1ccccc1C1=NO[C@H](CN(Cc2ccccc2)C[C@H](O)COc2ccccc2)C1. The molecule has 0 bridgehead atoms. The van der Waals surface area contributed by atoms with Gasteiger partial charge in [-0.2, -0.15) is 0 Å². The summed E-state index contributed by atoms with van der Waals surface area (Å²) in [5, 5.41) is 15.0. The number of para-hydroxylation sites is 1. The van der Waals surface area contributed by atoms with E-state index in [9.17, 15) is 5.11 Å². The van der Waals surface area contributed by atoms with Crippen LogP contribution in [0.1, 0.15) is 23.1 Å². The summed E-state index contributed by atoms with van der Waals surface area (Å²) in [6.07, 6.45) is 0.0971. The molecule has 0 amide bonds. The lowest BCUT2D eigenvalue weighted by atomic mass is 10.00. The van der Waals surface area contributed by atoms with Gasteiger partial charge in [0.1, 0.15) is 24.6 Å². The van der Waals surface area contributed by atoms with Gasteiger partial charge in [0.2, 0.25) is 0 Å². The fraction of sp³-hybridized carbons (Fsp3) is 0.296. The van der Waals surface area contributed by atoms with Crippen molar-refractivity contribution in [3.05, 3.63) is 102 Å². The molecule has 1 heterocycles. The standard InChI is InChI=1S/C27H30N2O3/c1-21-10-8-9-15-26(21)27-16-25(32-28-27)19-29(17-22-11-4-2-5-12-22)18-23(30)20-31-24-13-6-3-7-14-24/h2-15,23,25,30H,16-20H2,1H3/t23-,25-/m0/s1. The van der Waals surface area contributed by atoms with Crippen LogP contribution in [0.4, 0.5) is 0 Å². The molecule has 0 saturated heterocycles. The highest BCUT2D eigenvalue weighted by Gasteiger charge is 2.26. The summed E-state index contributed by atoms with van der Waals surface area (Å²) in [5.74, 6) is 0.761. The maximum Gasteiger partial charge on any atom is 0.145 e. The summed E-state index contributed by atoms with van der Waals surface area (Å²) < 4.78 is 5.75. The number of nitrogens with zero attached hydrogens (tertiary/aromatic N) is 2. The molecule has 0 aliphatic carbocycles. The molecule has 0 radical (unpaired) electrons. The van der Waals surface area contributed by atoms with Crippen molar-refractivity contribution in [2.75, 3.05) is 19.7 Å². The molecule has 4 rings (SSSR count). The van der Waals surface area contributed by atoms with Gasteiger partial charge in [-0.15, -0.1) is 0 Å². The monoisotopic (exact) mass is 430 g/mol. The first-order valence-electron chi connectivity index (χ1n) is 11.1. The van der Waals surface area contributed by atoms with Gasteiger partial charge in [0.25, 0.3) is 0 Å². The molecular weight excluding hydrogens is 400 g/mol. The van der Waals surface area contributed by atoms with Gasteiger partial charge >= 0.3 is 0 Å². The van der Waals surface area contributed by atoms with Crippen molar-refractivity contribution in [3.63, 3.8) is 0 Å². The number of aryl methyl sites for hydroxylation is 1. The van der Waals surface area contributed by atoms with Crippen LogP contribution in [-0.4, -0.2) is 47.6 Å². The van der Waals surface area contributed by atoms with E-state index in [1.165, 1.54) is 11.1 Å². The molecule has 0 spiro atoms. The molecule has 3 aromatic rings. The van der Waals surface area contributed by atoms with E-state index in [0.717, 1.165) is 30.0 Å². The summed E-state index contributed by atoms with van der Waals surface area (Å²) in [4.78, 5) is 8.01. The molecule has 0 unspecified atom stereocenters. The topological polar surface area (TPSA) is 54.3 Å². The number of oxime groups is 1. The minimum absolute atomic E-state index is 0.0458. The van der Waals surface area contributed by atoms with Crippen LogP contribution in [0.2, 0.25) is 0 Å². The number of aliphatic hydroxyl groups excluding tert-OH is 1. The maximum atomic E-state index is 10.7. The van der Waals surface area contributed by atoms with Crippen LogP contribution in [-0.2, 0) is 11.4 Å². The van der Waals surface area contributed by atoms with Crippen LogP contribution in [0.15, 0.2) is 90.1 Å². The third kappa shape index (κ3) is 6.19. The summed E-state index contributed by atoms with van der Waals surface area (Å²) in [5.41, 5.74) is 4.52. The summed E-state index contributed by atoms with van der Waals surface area (Å²) in [6, 6.07) is 28.1. The Bertz CT molecular complexity index is 1010. The smallest absolute Gasteiger partial charge is 0.145 e. The Morgan fingerprint density at radius 3 is 2.44 bits per heavy atom. The van der Waals surface area contributed by atoms with E-state index in [1.54, 1.807) is 0 Å². The van der Waals surface area contributed by atoms with Gasteiger partial charge in [0, 0.05) is 31.6 Å². The Morgan fingerprint density at radius 2 is 1.69 bits per heavy atom. The van der Waals surface area contributed by atoms with Gasteiger partial charge in [-0.25, -0.2) is 0 Å². The van der Waals surface area contributed by atoms with E-state index in [-0.39, 0.29) is 12.7 Å². The molecule has 1 N–H and O–H groups in total. The second-order valence-corrected chi connectivity index (χ2v) is 8.24. The van der Waals surface area contributed by atoms with Gasteiger partial charge in [0.05, 0.1) is 5.71 Å². The average molecular weight is 431 g/mol. The Hall–Kier alpha value is -3.15. The van der Waals surface area contributed by atoms with Crippen molar-refractivity contribution >= 4 is 5.71 Å². The van der Waals surface area contributed by atoms with Gasteiger partial charge in [-0.1, -0.05) is 78.0 Å². The minimum atomic E-state index is -0.614. The number of hydrogen-bond donors (Lipinski definition) is 1. The first kappa shape index (κ1) is 22.1. The second-order valence-electron chi connectivity index (χ2n) is 8.24. The van der Waals surface area contributed by atoms with E-state index in [4.69, 9.17) is 9.57 Å². The highest BCUT2D eigenvalue weighted by Crippen LogP contribution is 2.21. The van der Waals surface area contributed by atoms with E-state index in [1.807, 2.05) is 60.7 Å². The summed E-state index contributed by atoms with van der Waals surface area (Å²) in [7, 11) is 0. The van der Waals surface area contributed by atoms with Gasteiger partial charge in [-0.3, -0.25) is 4.90 Å². The average Bonchev–Trinajstić information content (AvgIpc) is 3.27. The quantitative estimate of drug-likeness (QED) is 0.517. The van der Waals surface area contributed by atoms with Crippen molar-refractivity contribution in [2.24, 2.45) is 5.16 Å². The zero-order chi connectivity index (χ0) is 22.2. The highest BCUT2D eigenvalue weighted by molar-refractivity contribution is 6.02. The van der Waals surface area contributed by atoms with Gasteiger partial charge < -0.3 is 14.7 Å². The van der Waals surface area contributed by atoms with Crippen molar-refractivity contribution in [1.82, 2.24) is 4.90 Å². The highest BCUT2D eigenvalue weighted by atomic mass is 16.6. The Balaban J connectivity index is 1.37. The molecule has 3 aromatic carbocycles. The first-order valence-corrected chi connectivity index (χ1v) is 11.1. The van der Waals surface area contributed by atoms with Gasteiger partial charge in [-0.05, 0) is 30.2 Å². The summed E-state index contributed by atoms with van der Waals surface area (Å²) in [6.45, 7) is 4.22. The lowest BCUT2D eigenvalue weighted by Gasteiger charge is -2.27. The van der Waals surface area contributed by atoms with Crippen molar-refractivity contribution < 1.29 is 14.7 Å². The molecule has 5 heteroatoms. The number of hydrogen-bond acceptors (Lipinski definition) is 5. The zero-order valence-electron chi connectivity index (χ0n) is 18.4. The molecular formula is C27H30N2O3. The van der Waals surface area contributed by atoms with Crippen LogP contribution in [0.5, 0.6) is 5.75 Å². The second kappa shape index (κ2) is 10.9. The van der Waals surface area contributed by atoms with Crippen molar-refractivity contribution in [1.29, 1.82) is 0 Å². The summed E-state index contributed by atoms with van der Waals surface area (Å²) >= 11 is 0. The Morgan fingerprint density at radius 1 is 1.00 bits per heavy atom. The minimum Gasteiger partial charge on any atom is -0.491 e. The molecule has 5 nitrogen and oxygen atoms in total. The first-order chi connectivity index (χ1) is 15.7. The van der Waals surface area contributed by atoms with Gasteiger partial charge in [0.15, 0.2) is 0 Å². The molecule has 32 heavy (non-hydrogen) atoms. The van der Waals surface area contributed by atoms with E-state index >= 15 is 0 Å². The number of rotatable bonds is 10. The Labute approximate surface area is 189 Å². The molecule has 0 saturated carbocycles. The molecule has 166 valence electrons. The zero-order valence-corrected chi connectivity index (χ0v) is 18.4. The molecule has 2 atom stereocenters. The predicted octanol–water partition coefficient (Wildman–Crippen LogP) is 4.43. The number of aliphatic hydroxyl groups is 1. The maximum absolute atomic E-state index is 10.7. The largest absolute Gasteiger partial charge is 0.491 e. The van der Waals surface area contributed by atoms with Crippen LogP contribution in [0, 0.1) is 6.92 Å². The molecule has 1 aliphatic rings. The van der Waals surface area contributed by atoms with Crippen LogP contribution >= 0.6 is 0 Å². The lowest BCUT2D eigenvalue weighted by Crippen LogP contribution is -2.39. The van der Waals surface area contributed by atoms with Crippen LogP contribution in [0.3, 0.4) is 0 Å². The van der Waals surface area contributed by atoms with Crippen LogP contribution < -0.4 is 4.74 Å². The number of benzene rings is 3. The molecule has 0 aromatic heterocycles.